The number of carbonyl (C=O) groups excluding carboxylic acids is 2. The highest BCUT2D eigenvalue weighted by Crippen LogP contribution is 2.55. The lowest BCUT2D eigenvalue weighted by molar-refractivity contribution is -0.192. The highest BCUT2D eigenvalue weighted by molar-refractivity contribution is 5.87. The van der Waals surface area contributed by atoms with Crippen LogP contribution in [-0.4, -0.2) is 40.7 Å². The minimum atomic E-state index is -5.08. The van der Waals surface area contributed by atoms with Gasteiger partial charge in [-0.3, -0.25) is 9.59 Å². The lowest BCUT2D eigenvalue weighted by Crippen LogP contribution is -2.62. The Morgan fingerprint density at radius 1 is 1.06 bits per heavy atom. The zero-order valence-electron chi connectivity index (χ0n) is 18.1. The molecule has 182 valence electrons. The second-order valence-corrected chi connectivity index (χ2v) is 9.45. The fraction of sp³-hybridized carbons (Fsp3) is 0.609. The van der Waals surface area contributed by atoms with Gasteiger partial charge in [-0.25, -0.2) is 4.79 Å². The first-order valence-corrected chi connectivity index (χ1v) is 11.0. The van der Waals surface area contributed by atoms with Crippen LogP contribution in [0.4, 0.5) is 13.2 Å². The number of amides is 1. The summed E-state index contributed by atoms with van der Waals surface area (Å²) in [6.07, 6.45) is 2.06. The molecule has 1 amide bonds. The molecule has 4 aliphatic carbocycles. The van der Waals surface area contributed by atoms with Crippen LogP contribution >= 0.6 is 0 Å². The largest absolute Gasteiger partial charge is 0.490 e. The number of nitrogens with one attached hydrogen (secondary N) is 1. The average molecular weight is 470 g/mol. The summed E-state index contributed by atoms with van der Waals surface area (Å²) in [7, 11) is 0. The van der Waals surface area contributed by atoms with Crippen molar-refractivity contribution in [2.45, 2.75) is 69.3 Å². The first-order valence-electron chi connectivity index (χ1n) is 11.0. The van der Waals surface area contributed by atoms with Crippen molar-refractivity contribution in [3.8, 4) is 0 Å². The molecule has 5 rings (SSSR count). The summed E-state index contributed by atoms with van der Waals surface area (Å²) in [5.41, 5.74) is 6.86. The maximum absolute atomic E-state index is 12.6. The van der Waals surface area contributed by atoms with Gasteiger partial charge >= 0.3 is 18.1 Å². The topological polar surface area (TPSA) is 119 Å². The van der Waals surface area contributed by atoms with Crippen molar-refractivity contribution in [3.63, 3.8) is 0 Å². The molecule has 33 heavy (non-hydrogen) atoms. The Kier molecular flexibility index (Phi) is 7.66. The summed E-state index contributed by atoms with van der Waals surface area (Å²) in [5.74, 6) is -1.12. The fourth-order valence-electron chi connectivity index (χ4n) is 5.69. The molecule has 4 saturated carbocycles. The van der Waals surface area contributed by atoms with Crippen molar-refractivity contribution in [1.29, 1.82) is 0 Å². The summed E-state index contributed by atoms with van der Waals surface area (Å²) in [6.45, 7) is 0.211. The Balaban J connectivity index is 0.000000383. The highest BCUT2D eigenvalue weighted by atomic mass is 19.4. The van der Waals surface area contributed by atoms with E-state index in [1.807, 2.05) is 30.3 Å². The molecule has 0 aliphatic heterocycles. The predicted molar refractivity (Wildman–Crippen MR) is 112 cm³/mol. The van der Waals surface area contributed by atoms with Gasteiger partial charge in [0, 0.05) is 5.54 Å². The van der Waals surface area contributed by atoms with Crippen LogP contribution in [0, 0.1) is 17.8 Å². The monoisotopic (exact) mass is 470 g/mol. The number of benzene rings is 1. The normalized spacial score (nSPS) is 28.3. The van der Waals surface area contributed by atoms with Crippen LogP contribution in [0.1, 0.15) is 50.5 Å². The van der Waals surface area contributed by atoms with Gasteiger partial charge < -0.3 is 20.9 Å². The molecule has 0 spiro atoms. The Morgan fingerprint density at radius 2 is 1.55 bits per heavy atom. The number of rotatable bonds is 6. The third kappa shape index (κ3) is 6.93. The number of esters is 1. The molecule has 4 fully saturated rings. The van der Waals surface area contributed by atoms with E-state index in [9.17, 15) is 22.8 Å². The van der Waals surface area contributed by atoms with Gasteiger partial charge in [-0.1, -0.05) is 30.3 Å². The Morgan fingerprint density at radius 3 is 2.00 bits per heavy atom. The van der Waals surface area contributed by atoms with Gasteiger partial charge in [-0.05, 0) is 61.8 Å². The van der Waals surface area contributed by atoms with Crippen molar-refractivity contribution in [3.05, 3.63) is 35.9 Å². The van der Waals surface area contributed by atoms with E-state index < -0.39 is 24.2 Å². The fourth-order valence-corrected chi connectivity index (χ4v) is 5.69. The molecule has 0 radical (unpaired) electrons. The Hall–Kier alpha value is -2.62. The van der Waals surface area contributed by atoms with Crippen LogP contribution in [0.2, 0.25) is 0 Å². The number of halogens is 3. The van der Waals surface area contributed by atoms with Crippen molar-refractivity contribution in [2.24, 2.45) is 23.5 Å². The number of carboxylic acid groups (broad SMARTS) is 1. The minimum Gasteiger partial charge on any atom is -0.475 e. The molecule has 0 heterocycles. The van der Waals surface area contributed by atoms with Crippen molar-refractivity contribution >= 4 is 17.8 Å². The van der Waals surface area contributed by atoms with E-state index in [4.69, 9.17) is 20.4 Å². The molecule has 1 aromatic carbocycles. The Bertz CT molecular complexity index is 824. The second-order valence-electron chi connectivity index (χ2n) is 9.45. The summed E-state index contributed by atoms with van der Waals surface area (Å²) in [5, 5.41) is 10.4. The molecule has 1 atom stereocenters. The number of nitrogens with two attached hydrogens (primary N) is 1. The standard InChI is InChI=1S/C21H28N2O3.C2HF3O2/c22-18(9-19(24)26-13-14-4-2-1-3-5-14)20(25)23-21-10-15-6-16(11-21)8-17(7-15)12-21;3-2(4,5)1(6)7/h1-5,15-18H,6-13,22H2,(H,23,25);(H,6,7). The van der Waals surface area contributed by atoms with Crippen molar-refractivity contribution in [2.75, 3.05) is 0 Å². The van der Waals surface area contributed by atoms with E-state index in [0.29, 0.717) is 0 Å². The number of carbonyl (C=O) groups is 3. The SMILES string of the molecule is NC(CC(=O)OCc1ccccc1)C(=O)NC12CC3CC(CC(C3)C1)C2.O=C(O)C(F)(F)F. The summed E-state index contributed by atoms with van der Waals surface area (Å²) < 4.78 is 37.0. The number of alkyl halides is 3. The number of carboxylic acids is 1. The number of ether oxygens (including phenoxy) is 1. The van der Waals surface area contributed by atoms with Crippen molar-refractivity contribution in [1.82, 2.24) is 5.32 Å². The van der Waals surface area contributed by atoms with Gasteiger partial charge in [0.2, 0.25) is 5.91 Å². The van der Waals surface area contributed by atoms with Crippen LogP contribution in [0.3, 0.4) is 0 Å². The molecule has 1 unspecified atom stereocenters. The predicted octanol–water partition coefficient (Wildman–Crippen LogP) is 3.17. The lowest BCUT2D eigenvalue weighted by atomic mass is 9.53. The summed E-state index contributed by atoms with van der Waals surface area (Å²) in [4.78, 5) is 33.5. The summed E-state index contributed by atoms with van der Waals surface area (Å²) in [6, 6.07) is 8.66. The van der Waals surface area contributed by atoms with Gasteiger partial charge in [0.1, 0.15) is 6.61 Å². The van der Waals surface area contributed by atoms with E-state index in [2.05, 4.69) is 5.32 Å². The first kappa shape index (κ1) is 25.0. The van der Waals surface area contributed by atoms with E-state index in [1.165, 1.54) is 19.3 Å². The van der Waals surface area contributed by atoms with Gasteiger partial charge in [0.25, 0.3) is 0 Å². The van der Waals surface area contributed by atoms with Gasteiger partial charge in [-0.2, -0.15) is 13.2 Å². The molecule has 7 nitrogen and oxygen atoms in total. The van der Waals surface area contributed by atoms with E-state index in [1.54, 1.807) is 0 Å². The zero-order valence-corrected chi connectivity index (χ0v) is 18.1. The third-order valence-corrected chi connectivity index (χ3v) is 6.64. The molecular formula is C23H29F3N2O5. The number of hydrogen-bond donors (Lipinski definition) is 3. The van der Waals surface area contributed by atoms with Gasteiger partial charge in [0.05, 0.1) is 12.5 Å². The van der Waals surface area contributed by atoms with Gasteiger partial charge in [0.15, 0.2) is 0 Å². The van der Waals surface area contributed by atoms with Crippen LogP contribution in [0.25, 0.3) is 0 Å². The molecule has 4 N–H and O–H groups in total. The third-order valence-electron chi connectivity index (χ3n) is 6.64. The van der Waals surface area contributed by atoms with Crippen molar-refractivity contribution < 1.29 is 37.4 Å². The number of aliphatic carboxylic acids is 1. The quantitative estimate of drug-likeness (QED) is 0.550. The zero-order chi connectivity index (χ0) is 24.2. The number of hydrogen-bond acceptors (Lipinski definition) is 5. The molecule has 1 aromatic rings. The van der Waals surface area contributed by atoms with E-state index in [0.717, 1.165) is 42.6 Å². The molecular weight excluding hydrogens is 441 g/mol. The highest BCUT2D eigenvalue weighted by Gasteiger charge is 2.51. The maximum Gasteiger partial charge on any atom is 0.490 e. The Labute approximate surface area is 189 Å². The molecule has 4 aliphatic rings. The molecule has 0 aromatic heterocycles. The van der Waals surface area contributed by atoms with Gasteiger partial charge in [-0.15, -0.1) is 0 Å². The van der Waals surface area contributed by atoms with E-state index >= 15 is 0 Å². The first-order chi connectivity index (χ1) is 15.5. The van der Waals surface area contributed by atoms with Crippen LogP contribution in [0.5, 0.6) is 0 Å². The molecule has 0 saturated heterocycles. The molecule has 4 bridgehead atoms. The second kappa shape index (κ2) is 10.1. The molecule has 10 heteroatoms. The van der Waals surface area contributed by atoms with Crippen LogP contribution in [-0.2, 0) is 25.7 Å². The average Bonchev–Trinajstić information content (AvgIpc) is 2.71. The minimum absolute atomic E-state index is 0.0720. The lowest BCUT2D eigenvalue weighted by Gasteiger charge is -2.57. The van der Waals surface area contributed by atoms with Crippen LogP contribution < -0.4 is 11.1 Å². The maximum atomic E-state index is 12.6. The smallest absolute Gasteiger partial charge is 0.475 e. The van der Waals surface area contributed by atoms with Crippen LogP contribution in [0.15, 0.2) is 30.3 Å². The summed E-state index contributed by atoms with van der Waals surface area (Å²) >= 11 is 0. The van der Waals surface area contributed by atoms with E-state index in [-0.39, 0.29) is 24.5 Å².